The molecule has 0 aliphatic carbocycles. The molecule has 10 atom stereocenters. The van der Waals surface area contributed by atoms with Crippen LogP contribution in [-0.4, -0.2) is 76.0 Å². The number of aliphatic hydroxyl groups is 2. The molecule has 0 aliphatic rings. The van der Waals surface area contributed by atoms with Crippen molar-refractivity contribution in [1.29, 1.82) is 0 Å². The van der Waals surface area contributed by atoms with Crippen molar-refractivity contribution in [2.24, 2.45) is 35.3 Å². The lowest BCUT2D eigenvalue weighted by molar-refractivity contribution is -0.143. The van der Waals surface area contributed by atoms with E-state index in [0.29, 0.717) is 19.4 Å². The number of rotatable bonds is 25. The Morgan fingerprint density at radius 1 is 0.804 bits per heavy atom. The van der Waals surface area contributed by atoms with Crippen LogP contribution in [0.5, 0.6) is 0 Å². The molecular weight excluding hydrogens is 739 g/mol. The van der Waals surface area contributed by atoms with Gasteiger partial charge in [-0.15, -0.1) is 0 Å². The molecule has 0 heterocycles. The lowest BCUT2D eigenvalue weighted by Gasteiger charge is -2.45. The SMILES string of the molecule is C=CC=C[C@H](C)[C@H](OC(N)=O)[C@@H](C)[C@H](O[Si](C)(C)C(C)(C)C)[C@@H](C)CC(C)=C[C@H](C)[C@@H](O[Si](C)(C)C(C)(C)C)[C@@H](C)C=C[C@@H](O)C[C@H](O)CCCC(=O)OCC. The van der Waals surface area contributed by atoms with Gasteiger partial charge in [0.2, 0.25) is 0 Å². The predicted molar refractivity (Wildman–Crippen MR) is 238 cm³/mol. The van der Waals surface area contributed by atoms with Gasteiger partial charge in [-0.3, -0.25) is 4.79 Å². The summed E-state index contributed by atoms with van der Waals surface area (Å²) in [6.07, 6.45) is 10.6. The van der Waals surface area contributed by atoms with Gasteiger partial charge in [-0.05, 0) is 87.1 Å². The highest BCUT2D eigenvalue weighted by Crippen LogP contribution is 2.42. The van der Waals surface area contributed by atoms with Crippen molar-refractivity contribution < 1.29 is 38.1 Å². The Bertz CT molecular complexity index is 1280. The molecular formula is C45H85NO8Si2. The average Bonchev–Trinajstić information content (AvgIpc) is 3.04. The highest BCUT2D eigenvalue weighted by atomic mass is 28.4. The Kier molecular flexibility index (Phi) is 23.3. The molecule has 0 aliphatic heterocycles. The first-order chi connectivity index (χ1) is 25.5. The van der Waals surface area contributed by atoms with E-state index in [1.165, 1.54) is 5.57 Å². The largest absolute Gasteiger partial charge is 0.466 e. The van der Waals surface area contributed by atoms with Crippen LogP contribution in [0.1, 0.15) is 122 Å². The Balaban J connectivity index is 6.53. The van der Waals surface area contributed by atoms with Gasteiger partial charge >= 0.3 is 12.1 Å². The quantitative estimate of drug-likeness (QED) is 0.0358. The summed E-state index contributed by atoms with van der Waals surface area (Å²) in [5.41, 5.74) is 6.84. The Labute approximate surface area is 345 Å². The van der Waals surface area contributed by atoms with Crippen molar-refractivity contribution in [2.75, 3.05) is 6.61 Å². The minimum atomic E-state index is -2.25. The van der Waals surface area contributed by atoms with Crippen molar-refractivity contribution in [2.45, 2.75) is 189 Å². The second-order valence-corrected chi connectivity index (χ2v) is 28.9. The molecule has 0 saturated heterocycles. The third-order valence-corrected chi connectivity index (χ3v) is 20.9. The summed E-state index contributed by atoms with van der Waals surface area (Å²) in [6.45, 7) is 41.3. The summed E-state index contributed by atoms with van der Waals surface area (Å²) in [7, 11) is -4.44. The number of carbonyl (C=O) groups excluding carboxylic acids is 2. The fourth-order valence-corrected chi connectivity index (χ4v) is 9.63. The van der Waals surface area contributed by atoms with Gasteiger partial charge in [-0.25, -0.2) is 4.79 Å². The molecule has 11 heteroatoms. The Morgan fingerprint density at radius 2 is 1.32 bits per heavy atom. The minimum Gasteiger partial charge on any atom is -0.466 e. The summed E-state index contributed by atoms with van der Waals surface area (Å²) in [6, 6.07) is 0. The van der Waals surface area contributed by atoms with Crippen LogP contribution < -0.4 is 5.73 Å². The number of allylic oxidation sites excluding steroid dienone is 3. The number of hydrogen-bond donors (Lipinski definition) is 3. The van der Waals surface area contributed by atoms with Crippen LogP contribution in [0.15, 0.2) is 48.6 Å². The van der Waals surface area contributed by atoms with Gasteiger partial charge in [0, 0.05) is 24.7 Å². The number of hydrogen-bond acceptors (Lipinski definition) is 8. The lowest BCUT2D eigenvalue weighted by Crippen LogP contribution is -2.50. The third kappa shape index (κ3) is 19.2. The van der Waals surface area contributed by atoms with Gasteiger partial charge in [0.1, 0.15) is 6.10 Å². The van der Waals surface area contributed by atoms with E-state index in [2.05, 4.69) is 115 Å². The zero-order valence-electron chi connectivity index (χ0n) is 38.6. The molecule has 0 unspecified atom stereocenters. The first-order valence-corrected chi connectivity index (χ1v) is 26.8. The van der Waals surface area contributed by atoms with Gasteiger partial charge in [-0.1, -0.05) is 125 Å². The summed E-state index contributed by atoms with van der Waals surface area (Å²) in [5.74, 6) is -0.409. The van der Waals surface area contributed by atoms with Gasteiger partial charge in [0.05, 0.1) is 31.0 Å². The van der Waals surface area contributed by atoms with Crippen molar-refractivity contribution >= 4 is 28.7 Å². The average molecular weight is 824 g/mol. The van der Waals surface area contributed by atoms with Gasteiger partial charge in [0.15, 0.2) is 16.6 Å². The zero-order valence-corrected chi connectivity index (χ0v) is 40.6. The van der Waals surface area contributed by atoms with E-state index in [1.54, 1.807) is 19.1 Å². The van der Waals surface area contributed by atoms with E-state index < -0.39 is 41.0 Å². The number of esters is 1. The zero-order chi connectivity index (χ0) is 43.8. The van der Waals surface area contributed by atoms with Crippen LogP contribution >= 0.6 is 0 Å². The molecule has 56 heavy (non-hydrogen) atoms. The summed E-state index contributed by atoms with van der Waals surface area (Å²) in [5, 5.41) is 21.4. The highest BCUT2D eigenvalue weighted by Gasteiger charge is 2.44. The molecule has 0 aromatic carbocycles. The van der Waals surface area contributed by atoms with Crippen molar-refractivity contribution in [3.63, 3.8) is 0 Å². The number of nitrogens with two attached hydrogens (primary N) is 1. The normalized spacial score (nSPS) is 19.1. The van der Waals surface area contributed by atoms with Crippen LogP contribution in [0.4, 0.5) is 4.79 Å². The number of amides is 1. The monoisotopic (exact) mass is 824 g/mol. The molecule has 0 saturated carbocycles. The molecule has 0 aromatic heterocycles. The molecule has 0 bridgehead atoms. The van der Waals surface area contributed by atoms with E-state index >= 15 is 0 Å². The maximum Gasteiger partial charge on any atom is 0.404 e. The second kappa shape index (κ2) is 24.2. The van der Waals surface area contributed by atoms with E-state index in [9.17, 15) is 19.8 Å². The van der Waals surface area contributed by atoms with Crippen LogP contribution in [0, 0.1) is 29.6 Å². The molecule has 4 N–H and O–H groups in total. The standard InChI is InChI=1S/C45H85NO8Si2/c1-19-21-23-32(4)41(52-43(46)50)36(8)42(54-56(17,18)45(12,13)14)35(7)29-31(3)28-34(6)40(53-55(15,16)44(9,10)11)33(5)26-27-38(48)30-37(47)24-22-25-39(49)51-20-2/h19,21,23,26-28,32-38,40-42,47-48H,1,20,22,24-25,29-30H2,2-18H3,(H2,46,50)/t32-,33-,34-,35-,36+,37+,38+,40-,41-,42+/m0/s1. The number of primary amides is 1. The van der Waals surface area contributed by atoms with Crippen LogP contribution in [0.3, 0.4) is 0 Å². The second-order valence-electron chi connectivity index (χ2n) is 19.4. The van der Waals surface area contributed by atoms with E-state index in [1.807, 2.05) is 25.2 Å². The Morgan fingerprint density at radius 3 is 1.80 bits per heavy atom. The third-order valence-electron chi connectivity index (χ3n) is 12.0. The topological polar surface area (TPSA) is 138 Å². The molecule has 9 nitrogen and oxygen atoms in total. The summed E-state index contributed by atoms with van der Waals surface area (Å²) < 4.78 is 25.1. The molecule has 0 radical (unpaired) electrons. The van der Waals surface area contributed by atoms with Crippen LogP contribution in [0.25, 0.3) is 0 Å². The highest BCUT2D eigenvalue weighted by molar-refractivity contribution is 6.74. The van der Waals surface area contributed by atoms with Crippen molar-refractivity contribution in [3.05, 3.63) is 48.6 Å². The summed E-state index contributed by atoms with van der Waals surface area (Å²) >= 11 is 0. The fourth-order valence-electron chi connectivity index (χ4n) is 6.69. The van der Waals surface area contributed by atoms with E-state index in [0.717, 1.165) is 6.42 Å². The first-order valence-electron chi connectivity index (χ1n) is 21.0. The molecule has 1 amide bonds. The molecule has 0 spiro atoms. The minimum absolute atomic E-state index is 0.000813. The lowest BCUT2D eigenvalue weighted by atomic mass is 9.81. The number of ether oxygens (including phenoxy) is 2. The molecule has 326 valence electrons. The van der Waals surface area contributed by atoms with E-state index in [-0.39, 0.29) is 70.7 Å². The predicted octanol–water partition coefficient (Wildman–Crippen LogP) is 10.9. The fraction of sp³-hybridized carbons (Fsp3) is 0.778. The first kappa shape index (κ1) is 54.0. The summed E-state index contributed by atoms with van der Waals surface area (Å²) in [4.78, 5) is 23.8. The maximum atomic E-state index is 12.2. The molecule has 0 aromatic rings. The van der Waals surface area contributed by atoms with Crippen LogP contribution in [-0.2, 0) is 23.1 Å². The van der Waals surface area contributed by atoms with Gasteiger partial charge in [0.25, 0.3) is 0 Å². The number of carbonyl (C=O) groups is 2. The van der Waals surface area contributed by atoms with Gasteiger partial charge < -0.3 is 34.3 Å². The van der Waals surface area contributed by atoms with Crippen LogP contribution in [0.2, 0.25) is 36.3 Å². The van der Waals surface area contributed by atoms with Crippen molar-refractivity contribution in [1.82, 2.24) is 0 Å². The maximum absolute atomic E-state index is 12.2. The van der Waals surface area contributed by atoms with Crippen molar-refractivity contribution in [3.8, 4) is 0 Å². The molecule has 0 fully saturated rings. The molecule has 0 rings (SSSR count). The van der Waals surface area contributed by atoms with Gasteiger partial charge in [-0.2, -0.15) is 0 Å². The number of aliphatic hydroxyl groups excluding tert-OH is 2. The smallest absolute Gasteiger partial charge is 0.404 e. The Hall–Kier alpha value is -2.03. The van der Waals surface area contributed by atoms with E-state index in [4.69, 9.17) is 24.1 Å².